The van der Waals surface area contributed by atoms with Gasteiger partial charge in [-0.3, -0.25) is 4.79 Å². The minimum absolute atomic E-state index is 0.0165. The van der Waals surface area contributed by atoms with E-state index >= 15 is 0 Å². The molecule has 0 unspecified atom stereocenters. The highest BCUT2D eigenvalue weighted by Crippen LogP contribution is 2.26. The Morgan fingerprint density at radius 1 is 1.16 bits per heavy atom. The maximum Gasteiger partial charge on any atom is 0.257 e. The second-order valence-corrected chi connectivity index (χ2v) is 9.32. The van der Waals surface area contributed by atoms with Crippen LogP contribution < -0.4 is 5.32 Å². The van der Waals surface area contributed by atoms with Gasteiger partial charge in [-0.05, 0) is 48.5 Å². The van der Waals surface area contributed by atoms with E-state index in [1.54, 1.807) is 50.4 Å². The van der Waals surface area contributed by atoms with Crippen molar-refractivity contribution in [2.24, 2.45) is 0 Å². The molecule has 0 radical (unpaired) electrons. The summed E-state index contributed by atoms with van der Waals surface area (Å²) in [6, 6.07) is 12.9. The molecule has 0 spiro atoms. The summed E-state index contributed by atoms with van der Waals surface area (Å²) in [6.07, 6.45) is 1.56. The first-order valence-corrected chi connectivity index (χ1v) is 11.8. The van der Waals surface area contributed by atoms with Gasteiger partial charge in [0.25, 0.3) is 5.91 Å². The number of H-pyrrole nitrogens is 1. The zero-order valence-electron chi connectivity index (χ0n) is 17.4. The van der Waals surface area contributed by atoms with Crippen molar-refractivity contribution >= 4 is 44.3 Å². The summed E-state index contributed by atoms with van der Waals surface area (Å²) in [7, 11) is -3.72. The maximum absolute atomic E-state index is 12.9. The number of furan rings is 1. The van der Waals surface area contributed by atoms with Gasteiger partial charge in [0.2, 0.25) is 10.0 Å². The van der Waals surface area contributed by atoms with Crippen molar-refractivity contribution in [2.75, 3.05) is 18.4 Å². The number of hydrogen-bond donors (Lipinski definition) is 2. The Kier molecular flexibility index (Phi) is 6.05. The zero-order valence-corrected chi connectivity index (χ0v) is 19.0. The van der Waals surface area contributed by atoms with Crippen molar-refractivity contribution < 1.29 is 17.6 Å². The molecular weight excluding hydrogens is 452 g/mol. The number of aromatic nitrogens is 2. The molecule has 0 fully saturated rings. The monoisotopic (exact) mass is 472 g/mol. The highest BCUT2D eigenvalue weighted by Gasteiger charge is 2.24. The van der Waals surface area contributed by atoms with Gasteiger partial charge in [-0.25, -0.2) is 13.4 Å². The van der Waals surface area contributed by atoms with Crippen molar-refractivity contribution in [1.29, 1.82) is 0 Å². The topological polar surface area (TPSA) is 108 Å². The van der Waals surface area contributed by atoms with Crippen molar-refractivity contribution in [2.45, 2.75) is 18.7 Å². The molecule has 0 saturated carbocycles. The van der Waals surface area contributed by atoms with Crippen molar-refractivity contribution in [3.05, 3.63) is 65.4 Å². The molecule has 2 aromatic heterocycles. The largest absolute Gasteiger partial charge is 0.461 e. The Bertz CT molecular complexity index is 1380. The van der Waals surface area contributed by atoms with Gasteiger partial charge in [-0.15, -0.1) is 0 Å². The quantitative estimate of drug-likeness (QED) is 0.403. The predicted molar refractivity (Wildman–Crippen MR) is 123 cm³/mol. The first kappa shape index (κ1) is 22.1. The van der Waals surface area contributed by atoms with Crippen LogP contribution >= 0.6 is 11.6 Å². The number of carbonyl (C=O) groups is 1. The van der Waals surface area contributed by atoms with Crippen LogP contribution in [-0.4, -0.2) is 41.7 Å². The van der Waals surface area contributed by atoms with Gasteiger partial charge >= 0.3 is 0 Å². The number of benzene rings is 2. The first-order chi connectivity index (χ1) is 15.3. The molecule has 4 rings (SSSR count). The maximum atomic E-state index is 12.9. The van der Waals surface area contributed by atoms with Crippen molar-refractivity contribution in [3.63, 3.8) is 0 Å². The number of nitrogens with one attached hydrogen (secondary N) is 2. The summed E-state index contributed by atoms with van der Waals surface area (Å²) in [6.45, 7) is 4.17. The van der Waals surface area contributed by atoms with E-state index in [-0.39, 0.29) is 15.5 Å². The number of rotatable bonds is 7. The van der Waals surface area contributed by atoms with Crippen molar-refractivity contribution in [3.8, 4) is 11.6 Å². The number of carbonyl (C=O) groups excluding carboxylic acids is 1. The molecule has 0 bridgehead atoms. The van der Waals surface area contributed by atoms with Gasteiger partial charge in [0.05, 0.1) is 32.8 Å². The van der Waals surface area contributed by atoms with Gasteiger partial charge in [-0.1, -0.05) is 25.4 Å². The molecule has 0 saturated heterocycles. The third kappa shape index (κ3) is 4.14. The van der Waals surface area contributed by atoms with Crippen LogP contribution in [0.5, 0.6) is 0 Å². The minimum Gasteiger partial charge on any atom is -0.461 e. The van der Waals surface area contributed by atoms with E-state index in [0.29, 0.717) is 41.4 Å². The average molecular weight is 473 g/mol. The molecule has 1 amide bonds. The Labute approximate surface area is 190 Å². The third-order valence-electron chi connectivity index (χ3n) is 5.02. The lowest BCUT2D eigenvalue weighted by Gasteiger charge is -2.19. The van der Waals surface area contributed by atoms with Crippen LogP contribution in [0.2, 0.25) is 5.02 Å². The van der Waals surface area contributed by atoms with Crippen LogP contribution in [-0.2, 0) is 10.0 Å². The van der Waals surface area contributed by atoms with E-state index in [1.165, 1.54) is 22.5 Å². The van der Waals surface area contributed by atoms with E-state index in [2.05, 4.69) is 15.3 Å². The van der Waals surface area contributed by atoms with Crippen molar-refractivity contribution in [1.82, 2.24) is 14.3 Å². The number of fused-ring (bicyclic) bond motifs is 1. The smallest absolute Gasteiger partial charge is 0.257 e. The standard InChI is InChI=1S/C22H21ClN4O4S/c1-3-27(4-2)32(29,30)15-8-9-17(23)16(13-15)22(28)24-14-7-10-18-19(12-14)26-21(25-18)20-6-5-11-31-20/h5-13H,3-4H2,1-2H3,(H,24,28)(H,25,26). The zero-order chi connectivity index (χ0) is 22.9. The number of nitrogens with zero attached hydrogens (tertiary/aromatic N) is 2. The number of imidazole rings is 1. The highest BCUT2D eigenvalue weighted by atomic mass is 35.5. The van der Waals surface area contributed by atoms with E-state index in [9.17, 15) is 13.2 Å². The van der Waals surface area contributed by atoms with Crippen LogP contribution in [0.3, 0.4) is 0 Å². The molecule has 0 atom stereocenters. The molecule has 10 heteroatoms. The molecule has 2 aromatic carbocycles. The molecule has 32 heavy (non-hydrogen) atoms. The number of aromatic amines is 1. The van der Waals surface area contributed by atoms with Crippen LogP contribution in [0.15, 0.2) is 64.1 Å². The summed E-state index contributed by atoms with van der Waals surface area (Å²) < 4.78 is 32.3. The van der Waals surface area contributed by atoms with E-state index in [0.717, 1.165) is 0 Å². The SMILES string of the molecule is CCN(CC)S(=O)(=O)c1ccc(Cl)c(C(=O)Nc2ccc3nc(-c4ccco4)[nH]c3c2)c1. The van der Waals surface area contributed by atoms with Gasteiger partial charge < -0.3 is 14.7 Å². The van der Waals surface area contributed by atoms with Gasteiger partial charge in [0.15, 0.2) is 11.6 Å². The second kappa shape index (κ2) is 8.78. The Morgan fingerprint density at radius 3 is 2.62 bits per heavy atom. The molecule has 2 heterocycles. The summed E-state index contributed by atoms with van der Waals surface area (Å²) in [5.41, 5.74) is 1.99. The summed E-state index contributed by atoms with van der Waals surface area (Å²) >= 11 is 6.21. The number of hydrogen-bond acceptors (Lipinski definition) is 5. The lowest BCUT2D eigenvalue weighted by Crippen LogP contribution is -2.30. The van der Waals surface area contributed by atoms with Crippen LogP contribution in [0.1, 0.15) is 24.2 Å². The van der Waals surface area contributed by atoms with Crippen LogP contribution in [0.25, 0.3) is 22.6 Å². The fourth-order valence-electron chi connectivity index (χ4n) is 3.37. The Morgan fingerprint density at radius 2 is 1.94 bits per heavy atom. The Balaban J connectivity index is 1.62. The molecule has 0 aliphatic rings. The lowest BCUT2D eigenvalue weighted by atomic mass is 10.2. The van der Waals surface area contributed by atoms with E-state index in [4.69, 9.17) is 16.0 Å². The molecule has 4 aromatic rings. The average Bonchev–Trinajstić information content (AvgIpc) is 3.44. The number of sulfonamides is 1. The minimum atomic E-state index is -3.72. The molecule has 0 aliphatic heterocycles. The normalized spacial score (nSPS) is 11.9. The summed E-state index contributed by atoms with van der Waals surface area (Å²) in [5.74, 6) is 0.660. The van der Waals surface area contributed by atoms with Gasteiger partial charge in [0.1, 0.15) is 0 Å². The first-order valence-electron chi connectivity index (χ1n) is 9.98. The van der Waals surface area contributed by atoms with Gasteiger partial charge in [-0.2, -0.15) is 4.31 Å². The fraction of sp³-hybridized carbons (Fsp3) is 0.182. The second-order valence-electron chi connectivity index (χ2n) is 6.98. The number of amides is 1. The summed E-state index contributed by atoms with van der Waals surface area (Å²) in [5, 5.41) is 2.92. The fourth-order valence-corrected chi connectivity index (χ4v) is 5.06. The van der Waals surface area contributed by atoms with Crippen LogP contribution in [0, 0.1) is 0 Å². The number of halogens is 1. The summed E-state index contributed by atoms with van der Waals surface area (Å²) in [4.78, 5) is 20.5. The lowest BCUT2D eigenvalue weighted by molar-refractivity contribution is 0.102. The van der Waals surface area contributed by atoms with Gasteiger partial charge in [0, 0.05) is 18.8 Å². The predicted octanol–water partition coefficient (Wildman–Crippen LogP) is 4.76. The Hall–Kier alpha value is -3.14. The van der Waals surface area contributed by atoms with E-state index in [1.807, 2.05) is 0 Å². The molecule has 0 aliphatic carbocycles. The molecular formula is C22H21ClN4O4S. The molecule has 2 N–H and O–H groups in total. The van der Waals surface area contributed by atoms with E-state index < -0.39 is 15.9 Å². The highest BCUT2D eigenvalue weighted by molar-refractivity contribution is 7.89. The molecule has 8 nitrogen and oxygen atoms in total. The number of anilines is 1. The van der Waals surface area contributed by atoms with Crippen LogP contribution in [0.4, 0.5) is 5.69 Å². The molecule has 166 valence electrons. The third-order valence-corrected chi connectivity index (χ3v) is 7.40.